The summed E-state index contributed by atoms with van der Waals surface area (Å²) in [6, 6.07) is 2.13. The molecule has 1 aliphatic rings. The Morgan fingerprint density at radius 3 is 3.00 bits per heavy atom. The Kier molecular flexibility index (Phi) is 2.07. The van der Waals surface area contributed by atoms with Crippen LogP contribution in [0.15, 0.2) is 35.5 Å². The SMILES string of the molecule is CC1=CC=C(C#N)CC=C1. The molecular weight excluding hydrogens is 122 g/mol. The third kappa shape index (κ3) is 1.60. The van der Waals surface area contributed by atoms with E-state index in [9.17, 15) is 0 Å². The van der Waals surface area contributed by atoms with E-state index < -0.39 is 0 Å². The fourth-order valence-corrected chi connectivity index (χ4v) is 0.810. The molecule has 0 aliphatic heterocycles. The van der Waals surface area contributed by atoms with Crippen LogP contribution in [0.3, 0.4) is 0 Å². The Balaban J connectivity index is 2.86. The molecule has 0 radical (unpaired) electrons. The summed E-state index contributed by atoms with van der Waals surface area (Å²) in [5.74, 6) is 0. The van der Waals surface area contributed by atoms with Crippen LogP contribution in [0.1, 0.15) is 13.3 Å². The third-order valence-corrected chi connectivity index (χ3v) is 1.41. The lowest BCUT2D eigenvalue weighted by Crippen LogP contribution is -1.70. The zero-order chi connectivity index (χ0) is 7.40. The van der Waals surface area contributed by atoms with Crippen LogP contribution in [0, 0.1) is 11.3 Å². The summed E-state index contributed by atoms with van der Waals surface area (Å²) in [5.41, 5.74) is 2.03. The highest BCUT2D eigenvalue weighted by molar-refractivity contribution is 5.35. The van der Waals surface area contributed by atoms with Crippen molar-refractivity contribution in [2.75, 3.05) is 0 Å². The number of nitriles is 1. The minimum atomic E-state index is 0.768. The van der Waals surface area contributed by atoms with Crippen LogP contribution in [0.25, 0.3) is 0 Å². The molecule has 0 unspecified atom stereocenters. The predicted molar refractivity (Wildman–Crippen MR) is 41.2 cm³/mol. The summed E-state index contributed by atoms with van der Waals surface area (Å²) in [6.45, 7) is 2.02. The number of rotatable bonds is 0. The van der Waals surface area contributed by atoms with Crippen LogP contribution in [0.5, 0.6) is 0 Å². The van der Waals surface area contributed by atoms with Gasteiger partial charge in [-0.3, -0.25) is 0 Å². The van der Waals surface area contributed by atoms with E-state index in [4.69, 9.17) is 5.26 Å². The van der Waals surface area contributed by atoms with Crippen LogP contribution in [-0.4, -0.2) is 0 Å². The molecule has 10 heavy (non-hydrogen) atoms. The van der Waals surface area contributed by atoms with Crippen LogP contribution >= 0.6 is 0 Å². The van der Waals surface area contributed by atoms with Crippen molar-refractivity contribution in [3.8, 4) is 6.07 Å². The highest BCUT2D eigenvalue weighted by Gasteiger charge is 1.93. The van der Waals surface area contributed by atoms with Gasteiger partial charge in [0.05, 0.1) is 6.07 Å². The molecule has 0 bridgehead atoms. The lowest BCUT2D eigenvalue weighted by molar-refractivity contribution is 1.29. The fourth-order valence-electron chi connectivity index (χ4n) is 0.810. The van der Waals surface area contributed by atoms with Crippen LogP contribution < -0.4 is 0 Å². The molecule has 1 rings (SSSR count). The summed E-state index contributed by atoms with van der Waals surface area (Å²) in [5, 5.41) is 8.52. The average Bonchev–Trinajstić information content (AvgIpc) is 2.14. The molecule has 0 amide bonds. The second-order valence-corrected chi connectivity index (χ2v) is 2.32. The van der Waals surface area contributed by atoms with Gasteiger partial charge in [-0.1, -0.05) is 23.8 Å². The summed E-state index contributed by atoms with van der Waals surface area (Å²) in [6.07, 6.45) is 8.64. The number of allylic oxidation sites excluding steroid dienone is 6. The average molecular weight is 131 g/mol. The van der Waals surface area contributed by atoms with Crippen molar-refractivity contribution >= 4 is 0 Å². The Morgan fingerprint density at radius 2 is 2.30 bits per heavy atom. The van der Waals surface area contributed by atoms with Gasteiger partial charge in [-0.2, -0.15) is 5.26 Å². The molecule has 0 saturated carbocycles. The lowest BCUT2D eigenvalue weighted by Gasteiger charge is -1.83. The molecule has 0 spiro atoms. The maximum Gasteiger partial charge on any atom is 0.0950 e. The Bertz CT molecular complexity index is 248. The van der Waals surface area contributed by atoms with Crippen molar-refractivity contribution in [3.63, 3.8) is 0 Å². The van der Waals surface area contributed by atoms with Crippen molar-refractivity contribution in [1.82, 2.24) is 0 Å². The van der Waals surface area contributed by atoms with Crippen LogP contribution in [0.4, 0.5) is 0 Å². The normalized spacial score (nSPS) is 16.8. The first-order valence-corrected chi connectivity index (χ1v) is 3.27. The highest BCUT2D eigenvalue weighted by atomic mass is 14.2. The molecule has 1 heteroatoms. The first-order chi connectivity index (χ1) is 4.83. The molecule has 0 atom stereocenters. The van der Waals surface area contributed by atoms with E-state index in [1.54, 1.807) is 0 Å². The van der Waals surface area contributed by atoms with Crippen molar-refractivity contribution < 1.29 is 0 Å². The second kappa shape index (κ2) is 3.03. The van der Waals surface area contributed by atoms with Gasteiger partial charge in [0, 0.05) is 12.0 Å². The molecule has 0 fully saturated rings. The zero-order valence-electron chi connectivity index (χ0n) is 5.96. The Labute approximate surface area is 61.0 Å². The quantitative estimate of drug-likeness (QED) is 0.495. The van der Waals surface area contributed by atoms with E-state index in [0.717, 1.165) is 12.0 Å². The summed E-state index contributed by atoms with van der Waals surface area (Å²) >= 11 is 0. The highest BCUT2D eigenvalue weighted by Crippen LogP contribution is 2.09. The number of nitrogens with zero attached hydrogens (tertiary/aromatic N) is 1. The Morgan fingerprint density at radius 1 is 1.50 bits per heavy atom. The summed E-state index contributed by atoms with van der Waals surface area (Å²) < 4.78 is 0. The van der Waals surface area contributed by atoms with E-state index in [0.29, 0.717) is 0 Å². The standard InChI is InChI=1S/C9H9N/c1-8-3-2-4-9(7-10)6-5-8/h2-3,5-6H,4H2,1H3. The van der Waals surface area contributed by atoms with Gasteiger partial charge in [0.1, 0.15) is 0 Å². The maximum absolute atomic E-state index is 8.52. The monoisotopic (exact) mass is 131 g/mol. The number of hydrogen-bond donors (Lipinski definition) is 0. The van der Waals surface area contributed by atoms with E-state index in [1.165, 1.54) is 5.57 Å². The molecule has 0 aromatic rings. The van der Waals surface area contributed by atoms with Gasteiger partial charge >= 0.3 is 0 Å². The van der Waals surface area contributed by atoms with Gasteiger partial charge in [0.2, 0.25) is 0 Å². The van der Waals surface area contributed by atoms with Crippen LogP contribution in [-0.2, 0) is 0 Å². The van der Waals surface area contributed by atoms with Crippen molar-refractivity contribution in [2.45, 2.75) is 13.3 Å². The van der Waals surface area contributed by atoms with Gasteiger partial charge in [-0.05, 0) is 13.0 Å². The first-order valence-electron chi connectivity index (χ1n) is 3.27. The van der Waals surface area contributed by atoms with E-state index in [2.05, 4.69) is 6.07 Å². The van der Waals surface area contributed by atoms with Gasteiger partial charge < -0.3 is 0 Å². The molecule has 0 saturated heterocycles. The van der Waals surface area contributed by atoms with Gasteiger partial charge in [0.15, 0.2) is 0 Å². The molecule has 1 nitrogen and oxygen atoms in total. The van der Waals surface area contributed by atoms with Crippen molar-refractivity contribution in [1.29, 1.82) is 5.26 Å². The minimum Gasteiger partial charge on any atom is -0.193 e. The topological polar surface area (TPSA) is 23.8 Å². The van der Waals surface area contributed by atoms with Crippen molar-refractivity contribution in [2.24, 2.45) is 0 Å². The smallest absolute Gasteiger partial charge is 0.0950 e. The van der Waals surface area contributed by atoms with Gasteiger partial charge in [-0.25, -0.2) is 0 Å². The van der Waals surface area contributed by atoms with E-state index in [-0.39, 0.29) is 0 Å². The first kappa shape index (κ1) is 6.82. The summed E-state index contributed by atoms with van der Waals surface area (Å²) in [4.78, 5) is 0. The third-order valence-electron chi connectivity index (χ3n) is 1.41. The largest absolute Gasteiger partial charge is 0.193 e. The molecule has 0 N–H and O–H groups in total. The lowest BCUT2D eigenvalue weighted by atomic mass is 10.2. The fraction of sp³-hybridized carbons (Fsp3) is 0.222. The summed E-state index contributed by atoms with van der Waals surface area (Å²) in [7, 11) is 0. The van der Waals surface area contributed by atoms with E-state index >= 15 is 0 Å². The van der Waals surface area contributed by atoms with E-state index in [1.807, 2.05) is 31.2 Å². The number of hydrogen-bond acceptors (Lipinski definition) is 1. The molecule has 0 aromatic heterocycles. The molecule has 1 aliphatic carbocycles. The van der Waals surface area contributed by atoms with Crippen LogP contribution in [0.2, 0.25) is 0 Å². The molecule has 50 valence electrons. The molecule has 0 aromatic carbocycles. The predicted octanol–water partition coefficient (Wildman–Crippen LogP) is 2.34. The second-order valence-electron chi connectivity index (χ2n) is 2.32. The molecular formula is C9H9N. The molecule has 0 heterocycles. The van der Waals surface area contributed by atoms with Gasteiger partial charge in [-0.15, -0.1) is 0 Å². The maximum atomic E-state index is 8.52. The minimum absolute atomic E-state index is 0.768. The zero-order valence-corrected chi connectivity index (χ0v) is 5.96. The Hall–Kier alpha value is -1.29. The van der Waals surface area contributed by atoms with Gasteiger partial charge in [0.25, 0.3) is 0 Å². The van der Waals surface area contributed by atoms with Crippen molar-refractivity contribution in [3.05, 3.63) is 35.5 Å².